The first-order chi connectivity index (χ1) is 4.66. The molecule has 0 heterocycles. The van der Waals surface area contributed by atoms with Gasteiger partial charge in [0.05, 0.1) is 12.9 Å². The Balaban J connectivity index is 3.20. The maximum atomic E-state index is 10.5. The molecule has 0 atom stereocenters. The first kappa shape index (κ1) is 8.94. The van der Waals surface area contributed by atoms with Gasteiger partial charge in [-0.15, -0.1) is 0 Å². The summed E-state index contributed by atoms with van der Waals surface area (Å²) in [6.07, 6.45) is 1.41. The molecular weight excluding hydrogens is 132 g/mol. The number of hydrogen-bond acceptors (Lipinski definition) is 3. The molecule has 0 saturated heterocycles. The summed E-state index contributed by atoms with van der Waals surface area (Å²) in [5.74, 6) is -0.134. The molecule has 0 aromatic carbocycles. The molecule has 0 aromatic heterocycles. The monoisotopic (exact) mass is 144 g/mol. The van der Waals surface area contributed by atoms with Crippen molar-refractivity contribution in [2.24, 2.45) is 5.73 Å². The van der Waals surface area contributed by atoms with Crippen molar-refractivity contribution in [3.63, 3.8) is 0 Å². The molecule has 0 unspecified atom stereocenters. The smallest absolute Gasteiger partial charge is 0.305 e. The fourth-order valence-electron chi connectivity index (χ4n) is 0.525. The Hall–Kier alpha value is -1.06. The standard InChI is InChI=1S/C6H12N2O2/c1-10-6(9)4-2-3-5(7)8/h2-4H2,1H3,(H3,7,8). The van der Waals surface area contributed by atoms with E-state index in [9.17, 15) is 4.79 Å². The third kappa shape index (κ3) is 5.08. The lowest BCUT2D eigenvalue weighted by molar-refractivity contribution is -0.140. The van der Waals surface area contributed by atoms with Gasteiger partial charge in [-0.05, 0) is 6.42 Å². The summed E-state index contributed by atoms with van der Waals surface area (Å²) >= 11 is 0. The van der Waals surface area contributed by atoms with Gasteiger partial charge in [0.2, 0.25) is 0 Å². The summed E-state index contributed by atoms with van der Waals surface area (Å²) in [6.45, 7) is 0. The van der Waals surface area contributed by atoms with Crippen LogP contribution in [0.15, 0.2) is 0 Å². The van der Waals surface area contributed by atoms with Crippen molar-refractivity contribution in [2.45, 2.75) is 19.3 Å². The summed E-state index contributed by atoms with van der Waals surface area (Å²) < 4.78 is 4.38. The highest BCUT2D eigenvalue weighted by Gasteiger charge is 1.98. The number of carbonyl (C=O) groups is 1. The predicted octanol–water partition coefficient (Wildman–Crippen LogP) is 0.266. The van der Waals surface area contributed by atoms with Crippen molar-refractivity contribution < 1.29 is 9.53 Å². The number of carbonyl (C=O) groups excluding carboxylic acids is 1. The van der Waals surface area contributed by atoms with Gasteiger partial charge in [0.1, 0.15) is 0 Å². The van der Waals surface area contributed by atoms with Gasteiger partial charge in [-0.1, -0.05) is 0 Å². The Morgan fingerprint density at radius 1 is 1.60 bits per heavy atom. The van der Waals surface area contributed by atoms with Gasteiger partial charge >= 0.3 is 5.97 Å². The van der Waals surface area contributed by atoms with Gasteiger partial charge < -0.3 is 10.5 Å². The maximum absolute atomic E-state index is 10.5. The number of nitrogens with two attached hydrogens (primary N) is 1. The zero-order valence-corrected chi connectivity index (χ0v) is 6.02. The van der Waals surface area contributed by atoms with Crippen LogP contribution < -0.4 is 5.73 Å². The van der Waals surface area contributed by atoms with E-state index in [2.05, 4.69) is 4.74 Å². The molecule has 0 rings (SSSR count). The van der Waals surface area contributed by atoms with Crippen molar-refractivity contribution >= 4 is 11.8 Å². The van der Waals surface area contributed by atoms with Gasteiger partial charge in [0.15, 0.2) is 0 Å². The average Bonchev–Trinajstić information content (AvgIpc) is 1.87. The second kappa shape index (κ2) is 4.78. The fourth-order valence-corrected chi connectivity index (χ4v) is 0.525. The Bertz CT molecular complexity index is 134. The number of rotatable bonds is 4. The van der Waals surface area contributed by atoms with Gasteiger partial charge in [0, 0.05) is 12.8 Å². The van der Waals surface area contributed by atoms with Gasteiger partial charge in [-0.3, -0.25) is 10.2 Å². The molecule has 4 heteroatoms. The molecule has 0 bridgehead atoms. The van der Waals surface area contributed by atoms with E-state index in [0.29, 0.717) is 19.3 Å². The van der Waals surface area contributed by atoms with Crippen molar-refractivity contribution in [3.05, 3.63) is 0 Å². The van der Waals surface area contributed by atoms with Crippen LogP contribution >= 0.6 is 0 Å². The largest absolute Gasteiger partial charge is 0.469 e. The Morgan fingerprint density at radius 2 is 2.20 bits per heavy atom. The molecule has 0 amide bonds. The number of esters is 1. The highest BCUT2D eigenvalue weighted by Crippen LogP contribution is 1.95. The normalized spacial score (nSPS) is 8.90. The van der Waals surface area contributed by atoms with Crippen LogP contribution in [0.5, 0.6) is 0 Å². The minimum absolute atomic E-state index is 0.115. The van der Waals surface area contributed by atoms with Crippen LogP contribution in [0.25, 0.3) is 0 Å². The Labute approximate surface area is 59.9 Å². The second-order valence-electron chi connectivity index (χ2n) is 1.95. The average molecular weight is 144 g/mol. The van der Waals surface area contributed by atoms with E-state index in [1.807, 2.05) is 0 Å². The fraction of sp³-hybridized carbons (Fsp3) is 0.667. The molecule has 0 aliphatic heterocycles. The number of ether oxygens (including phenoxy) is 1. The lowest BCUT2D eigenvalue weighted by Crippen LogP contribution is -2.10. The molecule has 0 aliphatic rings. The minimum atomic E-state index is -0.249. The molecule has 0 saturated carbocycles. The van der Waals surface area contributed by atoms with E-state index in [1.54, 1.807) is 0 Å². The van der Waals surface area contributed by atoms with Gasteiger partial charge in [-0.25, -0.2) is 0 Å². The van der Waals surface area contributed by atoms with Crippen molar-refractivity contribution in [1.82, 2.24) is 0 Å². The summed E-state index contributed by atoms with van der Waals surface area (Å²) in [4.78, 5) is 10.5. The molecule has 3 N–H and O–H groups in total. The molecular formula is C6H12N2O2. The molecule has 4 nitrogen and oxygen atoms in total. The zero-order chi connectivity index (χ0) is 7.98. The van der Waals surface area contributed by atoms with E-state index in [0.717, 1.165) is 0 Å². The quantitative estimate of drug-likeness (QED) is 0.337. The molecule has 0 aliphatic carbocycles. The van der Waals surface area contributed by atoms with E-state index >= 15 is 0 Å². The molecule has 10 heavy (non-hydrogen) atoms. The van der Waals surface area contributed by atoms with E-state index in [-0.39, 0.29) is 11.8 Å². The molecule has 0 aromatic rings. The minimum Gasteiger partial charge on any atom is -0.469 e. The number of amidine groups is 1. The van der Waals surface area contributed by atoms with Crippen LogP contribution in [0, 0.1) is 5.41 Å². The summed E-state index contributed by atoms with van der Waals surface area (Å²) in [6, 6.07) is 0. The third-order valence-corrected chi connectivity index (χ3v) is 1.05. The molecule has 0 spiro atoms. The number of methoxy groups -OCH3 is 1. The first-order valence-electron chi connectivity index (χ1n) is 3.06. The van der Waals surface area contributed by atoms with Crippen molar-refractivity contribution in [1.29, 1.82) is 5.41 Å². The third-order valence-electron chi connectivity index (χ3n) is 1.05. The summed E-state index contributed by atoms with van der Waals surface area (Å²) in [5, 5.41) is 6.82. The van der Waals surface area contributed by atoms with E-state index in [1.165, 1.54) is 7.11 Å². The Morgan fingerprint density at radius 3 is 2.60 bits per heavy atom. The van der Waals surface area contributed by atoms with Crippen LogP contribution in [-0.2, 0) is 9.53 Å². The molecule has 0 fully saturated rings. The first-order valence-corrected chi connectivity index (χ1v) is 3.06. The van der Waals surface area contributed by atoms with Crippen molar-refractivity contribution in [2.75, 3.05) is 7.11 Å². The van der Waals surface area contributed by atoms with Crippen LogP contribution in [0.1, 0.15) is 19.3 Å². The van der Waals surface area contributed by atoms with Gasteiger partial charge in [0.25, 0.3) is 0 Å². The van der Waals surface area contributed by atoms with Gasteiger partial charge in [-0.2, -0.15) is 0 Å². The highest BCUT2D eigenvalue weighted by molar-refractivity contribution is 5.77. The summed E-state index contributed by atoms with van der Waals surface area (Å²) in [7, 11) is 1.34. The highest BCUT2D eigenvalue weighted by atomic mass is 16.5. The maximum Gasteiger partial charge on any atom is 0.305 e. The van der Waals surface area contributed by atoms with Crippen molar-refractivity contribution in [3.8, 4) is 0 Å². The van der Waals surface area contributed by atoms with E-state index in [4.69, 9.17) is 11.1 Å². The number of nitrogens with one attached hydrogen (secondary N) is 1. The SMILES string of the molecule is COC(=O)CCCC(=N)N. The van der Waals surface area contributed by atoms with Crippen LogP contribution in [-0.4, -0.2) is 18.9 Å². The lowest BCUT2D eigenvalue weighted by atomic mass is 10.2. The summed E-state index contributed by atoms with van der Waals surface area (Å²) in [5.41, 5.74) is 5.05. The topological polar surface area (TPSA) is 76.2 Å². The zero-order valence-electron chi connectivity index (χ0n) is 6.02. The van der Waals surface area contributed by atoms with Crippen LogP contribution in [0.4, 0.5) is 0 Å². The van der Waals surface area contributed by atoms with Crippen LogP contribution in [0.2, 0.25) is 0 Å². The Kier molecular flexibility index (Phi) is 4.28. The molecule has 0 radical (unpaired) electrons. The second-order valence-corrected chi connectivity index (χ2v) is 1.95. The molecule has 58 valence electrons. The van der Waals surface area contributed by atoms with Crippen LogP contribution in [0.3, 0.4) is 0 Å². The lowest BCUT2D eigenvalue weighted by Gasteiger charge is -1.96. The predicted molar refractivity (Wildman–Crippen MR) is 37.8 cm³/mol. The van der Waals surface area contributed by atoms with E-state index < -0.39 is 0 Å². The number of hydrogen-bond donors (Lipinski definition) is 2.